The molecule has 0 heterocycles. The van der Waals surface area contributed by atoms with E-state index >= 15 is 0 Å². The summed E-state index contributed by atoms with van der Waals surface area (Å²) in [6.45, 7) is 3.42. The highest BCUT2D eigenvalue weighted by Gasteiger charge is 2.31. The highest BCUT2D eigenvalue weighted by atomic mass is 32.2. The first kappa shape index (κ1) is 15.2. The molecule has 6 heteroatoms. The molecule has 18 heavy (non-hydrogen) atoms. The fourth-order valence-corrected chi connectivity index (χ4v) is 1.64. The van der Waals surface area contributed by atoms with Crippen LogP contribution in [0.4, 0.5) is 13.2 Å². The molecule has 1 atom stereocenters. The SMILES string of the molecule is CSC(C)CNCc1cccc(OC(F)(F)F)c1. The van der Waals surface area contributed by atoms with Crippen molar-refractivity contribution in [1.29, 1.82) is 0 Å². The van der Waals surface area contributed by atoms with E-state index in [2.05, 4.69) is 17.0 Å². The number of hydrogen-bond donors (Lipinski definition) is 1. The molecular weight excluding hydrogens is 263 g/mol. The number of thioether (sulfide) groups is 1. The summed E-state index contributed by atoms with van der Waals surface area (Å²) in [6.07, 6.45) is -2.62. The lowest BCUT2D eigenvalue weighted by molar-refractivity contribution is -0.274. The molecule has 1 N–H and O–H groups in total. The summed E-state index contributed by atoms with van der Waals surface area (Å²) in [5.41, 5.74) is 0.769. The van der Waals surface area contributed by atoms with Gasteiger partial charge >= 0.3 is 6.36 Å². The van der Waals surface area contributed by atoms with Crippen molar-refractivity contribution >= 4 is 11.8 Å². The minimum absolute atomic E-state index is 0.181. The monoisotopic (exact) mass is 279 g/mol. The van der Waals surface area contributed by atoms with Crippen molar-refractivity contribution in [2.45, 2.75) is 25.1 Å². The standard InChI is InChI=1S/C12H16F3NOS/c1-9(18-2)7-16-8-10-4-3-5-11(6-10)17-12(13,14)15/h3-6,9,16H,7-8H2,1-2H3. The topological polar surface area (TPSA) is 21.3 Å². The van der Waals surface area contributed by atoms with Gasteiger partial charge in [-0.2, -0.15) is 11.8 Å². The minimum Gasteiger partial charge on any atom is -0.406 e. The van der Waals surface area contributed by atoms with Crippen LogP contribution in [0.1, 0.15) is 12.5 Å². The Labute approximate surface area is 109 Å². The predicted octanol–water partition coefficient (Wildman–Crippen LogP) is 3.43. The van der Waals surface area contributed by atoms with Gasteiger partial charge in [-0.3, -0.25) is 0 Å². The Morgan fingerprint density at radius 2 is 2.11 bits per heavy atom. The number of ether oxygens (including phenoxy) is 1. The molecule has 0 saturated carbocycles. The fraction of sp³-hybridized carbons (Fsp3) is 0.500. The van der Waals surface area contributed by atoms with E-state index in [0.29, 0.717) is 11.8 Å². The second-order valence-electron chi connectivity index (χ2n) is 3.87. The van der Waals surface area contributed by atoms with E-state index in [9.17, 15) is 13.2 Å². The second kappa shape index (κ2) is 6.89. The molecule has 0 aliphatic carbocycles. The average Bonchev–Trinajstić information content (AvgIpc) is 2.27. The summed E-state index contributed by atoms with van der Waals surface area (Å²) in [4.78, 5) is 0. The van der Waals surface area contributed by atoms with Crippen molar-refractivity contribution in [3.8, 4) is 5.75 Å². The summed E-state index contributed by atoms with van der Waals surface area (Å²) < 4.78 is 40.0. The fourth-order valence-electron chi connectivity index (χ4n) is 1.36. The second-order valence-corrected chi connectivity index (χ2v) is 5.15. The van der Waals surface area contributed by atoms with Crippen molar-refractivity contribution in [2.24, 2.45) is 0 Å². The van der Waals surface area contributed by atoms with Crippen LogP contribution < -0.4 is 10.1 Å². The highest BCUT2D eigenvalue weighted by molar-refractivity contribution is 7.99. The van der Waals surface area contributed by atoms with Crippen LogP contribution >= 0.6 is 11.8 Å². The van der Waals surface area contributed by atoms with E-state index in [0.717, 1.165) is 12.1 Å². The third-order valence-corrected chi connectivity index (χ3v) is 3.27. The van der Waals surface area contributed by atoms with Gasteiger partial charge in [-0.1, -0.05) is 19.1 Å². The van der Waals surface area contributed by atoms with Gasteiger partial charge in [-0.05, 0) is 24.0 Å². The number of benzene rings is 1. The van der Waals surface area contributed by atoms with Crippen LogP contribution in [0.5, 0.6) is 5.75 Å². The van der Waals surface area contributed by atoms with E-state index in [-0.39, 0.29) is 5.75 Å². The third kappa shape index (κ3) is 6.16. The maximum Gasteiger partial charge on any atom is 0.573 e. The number of alkyl halides is 3. The molecule has 0 fully saturated rings. The van der Waals surface area contributed by atoms with Gasteiger partial charge in [0.25, 0.3) is 0 Å². The molecule has 0 radical (unpaired) electrons. The summed E-state index contributed by atoms with van der Waals surface area (Å²) >= 11 is 1.73. The van der Waals surface area contributed by atoms with E-state index in [4.69, 9.17) is 0 Å². The predicted molar refractivity (Wildman–Crippen MR) is 67.8 cm³/mol. The molecule has 1 aromatic carbocycles. The van der Waals surface area contributed by atoms with Crippen LogP contribution in [0.2, 0.25) is 0 Å². The molecular formula is C12H16F3NOS. The van der Waals surface area contributed by atoms with Crippen LogP contribution in [0.3, 0.4) is 0 Å². The maximum absolute atomic E-state index is 12.0. The first-order chi connectivity index (χ1) is 8.40. The zero-order chi connectivity index (χ0) is 13.6. The molecule has 0 aliphatic rings. The van der Waals surface area contributed by atoms with Gasteiger partial charge < -0.3 is 10.1 Å². The first-order valence-corrected chi connectivity index (χ1v) is 6.77. The van der Waals surface area contributed by atoms with Crippen molar-refractivity contribution < 1.29 is 17.9 Å². The van der Waals surface area contributed by atoms with Crippen LogP contribution in [-0.4, -0.2) is 24.4 Å². The van der Waals surface area contributed by atoms with E-state index in [1.165, 1.54) is 12.1 Å². The van der Waals surface area contributed by atoms with Crippen molar-refractivity contribution in [2.75, 3.05) is 12.8 Å². The van der Waals surface area contributed by atoms with Crippen molar-refractivity contribution in [3.05, 3.63) is 29.8 Å². The van der Waals surface area contributed by atoms with Gasteiger partial charge in [0.05, 0.1) is 0 Å². The van der Waals surface area contributed by atoms with Crippen LogP contribution in [0.25, 0.3) is 0 Å². The molecule has 102 valence electrons. The van der Waals surface area contributed by atoms with Crippen molar-refractivity contribution in [3.63, 3.8) is 0 Å². The Morgan fingerprint density at radius 3 is 2.72 bits per heavy atom. The van der Waals surface area contributed by atoms with Gasteiger partial charge in [0, 0.05) is 18.3 Å². The quantitative estimate of drug-likeness (QED) is 0.862. The molecule has 0 aliphatic heterocycles. The lowest BCUT2D eigenvalue weighted by Gasteiger charge is -2.12. The summed E-state index contributed by atoms with van der Waals surface area (Å²) in [7, 11) is 0. The number of rotatable bonds is 6. The highest BCUT2D eigenvalue weighted by Crippen LogP contribution is 2.23. The van der Waals surface area contributed by atoms with Crippen LogP contribution in [0.15, 0.2) is 24.3 Å². The van der Waals surface area contributed by atoms with E-state index in [1.807, 2.05) is 6.26 Å². The minimum atomic E-state index is -4.64. The summed E-state index contributed by atoms with van der Waals surface area (Å²) in [5.74, 6) is -0.181. The molecule has 1 aromatic rings. The smallest absolute Gasteiger partial charge is 0.406 e. The Bertz CT molecular complexity index is 371. The van der Waals surface area contributed by atoms with Crippen LogP contribution in [0, 0.1) is 0 Å². The van der Waals surface area contributed by atoms with Gasteiger partial charge in [-0.25, -0.2) is 0 Å². The zero-order valence-corrected chi connectivity index (χ0v) is 11.1. The number of hydrogen-bond acceptors (Lipinski definition) is 3. The first-order valence-electron chi connectivity index (χ1n) is 5.49. The van der Waals surface area contributed by atoms with Crippen LogP contribution in [-0.2, 0) is 6.54 Å². The molecule has 1 unspecified atom stereocenters. The maximum atomic E-state index is 12.0. The van der Waals surface area contributed by atoms with Crippen molar-refractivity contribution in [1.82, 2.24) is 5.32 Å². The average molecular weight is 279 g/mol. The number of halogens is 3. The largest absolute Gasteiger partial charge is 0.573 e. The van der Waals surface area contributed by atoms with Gasteiger partial charge in [0.1, 0.15) is 5.75 Å². The lowest BCUT2D eigenvalue weighted by Crippen LogP contribution is -2.22. The van der Waals surface area contributed by atoms with Gasteiger partial charge in [0.15, 0.2) is 0 Å². The summed E-state index contributed by atoms with van der Waals surface area (Å²) in [5, 5.41) is 3.66. The van der Waals surface area contributed by atoms with Gasteiger partial charge in [0.2, 0.25) is 0 Å². The molecule has 0 spiro atoms. The zero-order valence-electron chi connectivity index (χ0n) is 10.3. The Morgan fingerprint density at radius 1 is 1.39 bits per heavy atom. The molecule has 0 bridgehead atoms. The molecule has 1 rings (SSSR count). The Hall–Kier alpha value is -0.880. The molecule has 2 nitrogen and oxygen atoms in total. The Kier molecular flexibility index (Phi) is 5.81. The molecule has 0 amide bonds. The molecule has 0 aromatic heterocycles. The lowest BCUT2D eigenvalue weighted by atomic mass is 10.2. The Balaban J connectivity index is 2.49. The van der Waals surface area contributed by atoms with Gasteiger partial charge in [-0.15, -0.1) is 13.2 Å². The third-order valence-electron chi connectivity index (χ3n) is 2.30. The summed E-state index contributed by atoms with van der Waals surface area (Å²) in [6, 6.07) is 6.00. The normalized spacial score (nSPS) is 13.4. The molecule has 0 saturated heterocycles. The van der Waals surface area contributed by atoms with E-state index < -0.39 is 6.36 Å². The number of nitrogens with one attached hydrogen (secondary N) is 1. The van der Waals surface area contributed by atoms with E-state index in [1.54, 1.807) is 23.9 Å².